The monoisotopic (exact) mass is 225 g/mol. The van der Waals surface area contributed by atoms with Crippen LogP contribution in [0.4, 0.5) is 12.9 Å². The van der Waals surface area contributed by atoms with Gasteiger partial charge in [0.2, 0.25) is 0 Å². The van der Waals surface area contributed by atoms with E-state index >= 15 is 0 Å². The summed E-state index contributed by atoms with van der Waals surface area (Å²) in [5.74, 6) is 0. The second-order valence-electron chi connectivity index (χ2n) is 2.62. The summed E-state index contributed by atoms with van der Waals surface area (Å²) in [6.07, 6.45) is 0. The van der Waals surface area contributed by atoms with Crippen LogP contribution in [-0.4, -0.2) is 19.9 Å². The third kappa shape index (κ3) is 2.49. The van der Waals surface area contributed by atoms with Crippen LogP contribution in [-0.2, 0) is 10.1 Å². The van der Waals surface area contributed by atoms with Crippen LogP contribution in [0.15, 0.2) is 29.2 Å². The van der Waals surface area contributed by atoms with E-state index < -0.39 is 27.5 Å². The van der Waals surface area contributed by atoms with Gasteiger partial charge in [0.1, 0.15) is 0 Å². The molecule has 0 unspecified atom stereocenters. The Bertz CT molecular complexity index is 423. The lowest BCUT2D eigenvalue weighted by Gasteiger charge is -2.14. The number of rotatable bonds is 2. The Morgan fingerprint density at radius 3 is 1.79 bits per heavy atom. The Kier molecular flexibility index (Phi) is 2.59. The molecule has 14 heavy (non-hydrogen) atoms. The maximum absolute atomic E-state index is 12.1. The summed E-state index contributed by atoms with van der Waals surface area (Å²) in [5, 5.41) is 0. The molecule has 0 heterocycles. The van der Waals surface area contributed by atoms with E-state index in [1.807, 2.05) is 0 Å². The molecule has 0 bridgehead atoms. The van der Waals surface area contributed by atoms with Crippen molar-refractivity contribution >= 4 is 22.6 Å². The van der Waals surface area contributed by atoms with E-state index in [4.69, 9.17) is 4.55 Å². The summed E-state index contributed by atoms with van der Waals surface area (Å²) in [7, 11) is -4.43. The third-order valence-electron chi connectivity index (χ3n) is 1.56. The predicted molar refractivity (Wildman–Crippen MR) is 45.0 cm³/mol. The van der Waals surface area contributed by atoms with Crippen LogP contribution in [0.5, 0.6) is 0 Å². The van der Waals surface area contributed by atoms with Crippen molar-refractivity contribution in [2.75, 3.05) is 0 Å². The molecular weight excluding hydrogens is 220 g/mol. The van der Waals surface area contributed by atoms with Gasteiger partial charge in [-0.2, -0.15) is 8.42 Å². The van der Waals surface area contributed by atoms with E-state index in [1.54, 1.807) is 0 Å². The zero-order valence-electron chi connectivity index (χ0n) is 6.69. The fourth-order valence-corrected chi connectivity index (χ4v) is 1.34. The smallest absolute Gasteiger partial charge is 0.445 e. The van der Waals surface area contributed by atoms with Crippen LogP contribution < -0.4 is 5.46 Å². The molecule has 1 N–H and O–H groups in total. The maximum Gasteiger partial charge on any atom is 0.509 e. The zero-order valence-corrected chi connectivity index (χ0v) is 7.51. The Balaban J connectivity index is 3.14. The maximum atomic E-state index is 12.1. The highest BCUT2D eigenvalue weighted by atomic mass is 32.2. The van der Waals surface area contributed by atoms with Gasteiger partial charge < -0.3 is 12.9 Å². The molecule has 0 spiro atoms. The molecule has 8 heteroatoms. The topological polar surface area (TPSA) is 54.4 Å². The van der Waals surface area contributed by atoms with Gasteiger partial charge in [0.25, 0.3) is 10.1 Å². The Morgan fingerprint density at radius 1 is 1.07 bits per heavy atom. The highest BCUT2D eigenvalue weighted by Gasteiger charge is 2.25. The molecule has 1 aromatic carbocycles. The van der Waals surface area contributed by atoms with Crippen LogP contribution in [0.3, 0.4) is 0 Å². The van der Waals surface area contributed by atoms with Gasteiger partial charge in [-0.3, -0.25) is 4.55 Å². The zero-order chi connectivity index (χ0) is 11.0. The first-order chi connectivity index (χ1) is 6.21. The summed E-state index contributed by atoms with van der Waals surface area (Å²) in [4.78, 5) is -0.554. The SMILES string of the molecule is O=S(=O)(O)c1ccc([B-](F)(F)F)cc1. The summed E-state index contributed by atoms with van der Waals surface area (Å²) in [6, 6.07) is 2.64. The van der Waals surface area contributed by atoms with E-state index in [2.05, 4.69) is 0 Å². The van der Waals surface area contributed by atoms with Gasteiger partial charge in [0.05, 0.1) is 4.90 Å². The number of halogens is 3. The van der Waals surface area contributed by atoms with Crippen LogP contribution >= 0.6 is 0 Å². The van der Waals surface area contributed by atoms with E-state index in [1.165, 1.54) is 0 Å². The van der Waals surface area contributed by atoms with E-state index in [0.29, 0.717) is 24.3 Å². The molecule has 78 valence electrons. The molecule has 0 atom stereocenters. The van der Waals surface area contributed by atoms with Crippen molar-refractivity contribution in [3.63, 3.8) is 0 Å². The molecule has 0 saturated heterocycles. The standard InChI is InChI=1S/C6H5BF3O3S/c8-7(9,10)5-1-3-6(4-2-5)14(11,12)13/h1-4H,(H,11,12,13)/q-1. The van der Waals surface area contributed by atoms with Crippen molar-refractivity contribution in [3.05, 3.63) is 24.3 Å². The molecule has 0 amide bonds. The van der Waals surface area contributed by atoms with Crippen molar-refractivity contribution in [1.82, 2.24) is 0 Å². The molecule has 0 saturated carbocycles. The highest BCUT2D eigenvalue weighted by Crippen LogP contribution is 2.11. The van der Waals surface area contributed by atoms with Crippen LogP contribution in [0, 0.1) is 0 Å². The fraction of sp³-hybridized carbons (Fsp3) is 0. The van der Waals surface area contributed by atoms with Crippen molar-refractivity contribution in [2.45, 2.75) is 4.90 Å². The van der Waals surface area contributed by atoms with Gasteiger partial charge in [0, 0.05) is 0 Å². The van der Waals surface area contributed by atoms with Gasteiger partial charge in [-0.1, -0.05) is 12.1 Å². The lowest BCUT2D eigenvalue weighted by Crippen LogP contribution is -2.33. The van der Waals surface area contributed by atoms with Crippen LogP contribution in [0.25, 0.3) is 0 Å². The lowest BCUT2D eigenvalue weighted by molar-refractivity contribution is 0.482. The second-order valence-corrected chi connectivity index (χ2v) is 4.04. The largest absolute Gasteiger partial charge is 0.509 e. The first-order valence-corrected chi connectivity index (χ1v) is 4.92. The van der Waals surface area contributed by atoms with Crippen molar-refractivity contribution in [1.29, 1.82) is 0 Å². The summed E-state index contributed by atoms with van der Waals surface area (Å²) in [5.41, 5.74) is -0.905. The van der Waals surface area contributed by atoms with E-state index in [0.717, 1.165) is 0 Å². The molecule has 0 radical (unpaired) electrons. The van der Waals surface area contributed by atoms with E-state index in [9.17, 15) is 21.4 Å². The molecule has 0 aliphatic rings. The first kappa shape index (κ1) is 11.1. The Morgan fingerprint density at radius 2 is 1.50 bits per heavy atom. The van der Waals surface area contributed by atoms with Gasteiger partial charge in [-0.05, 0) is 12.1 Å². The minimum atomic E-state index is -5.14. The first-order valence-electron chi connectivity index (χ1n) is 3.48. The fourth-order valence-electron chi connectivity index (χ4n) is 0.858. The van der Waals surface area contributed by atoms with Crippen molar-refractivity contribution < 1.29 is 25.9 Å². The normalized spacial score (nSPS) is 12.9. The number of benzene rings is 1. The van der Waals surface area contributed by atoms with Crippen molar-refractivity contribution in [2.24, 2.45) is 0 Å². The number of hydrogen-bond acceptors (Lipinski definition) is 2. The minimum absolute atomic E-state index is 0.554. The summed E-state index contributed by atoms with van der Waals surface area (Å²) >= 11 is 0. The number of hydrogen-bond donors (Lipinski definition) is 1. The van der Waals surface area contributed by atoms with Crippen LogP contribution in [0.1, 0.15) is 0 Å². The molecule has 0 aromatic heterocycles. The molecule has 0 aliphatic carbocycles. The lowest BCUT2D eigenvalue weighted by atomic mass is 9.80. The Hall–Kier alpha value is -1.02. The van der Waals surface area contributed by atoms with Crippen molar-refractivity contribution in [3.8, 4) is 0 Å². The molecular formula is C6H5BF3O3S-. The molecule has 1 rings (SSSR count). The summed E-state index contributed by atoms with van der Waals surface area (Å²) < 4.78 is 65.6. The van der Waals surface area contributed by atoms with Gasteiger partial charge in [-0.15, -0.1) is 5.46 Å². The molecule has 1 aromatic rings. The van der Waals surface area contributed by atoms with Gasteiger partial charge in [0.15, 0.2) is 0 Å². The second kappa shape index (κ2) is 3.28. The average molecular weight is 225 g/mol. The third-order valence-corrected chi connectivity index (χ3v) is 2.42. The van der Waals surface area contributed by atoms with Crippen LogP contribution in [0.2, 0.25) is 0 Å². The average Bonchev–Trinajstić information content (AvgIpc) is 2.01. The highest BCUT2D eigenvalue weighted by molar-refractivity contribution is 7.85. The van der Waals surface area contributed by atoms with E-state index in [-0.39, 0.29) is 0 Å². The predicted octanol–water partition coefficient (Wildman–Crippen LogP) is 0.988. The van der Waals surface area contributed by atoms with Gasteiger partial charge >= 0.3 is 6.98 Å². The summed E-state index contributed by atoms with van der Waals surface area (Å²) in [6.45, 7) is -5.14. The quantitative estimate of drug-likeness (QED) is 0.603. The molecule has 0 fully saturated rings. The van der Waals surface area contributed by atoms with Gasteiger partial charge in [-0.25, -0.2) is 0 Å². The Labute approximate surface area is 78.4 Å². The minimum Gasteiger partial charge on any atom is -0.445 e. The molecule has 3 nitrogen and oxygen atoms in total. The molecule has 0 aliphatic heterocycles.